The van der Waals surface area contributed by atoms with Crippen LogP contribution in [-0.2, 0) is 0 Å². The first-order valence-electron chi connectivity index (χ1n) is 6.52. The highest BCUT2D eigenvalue weighted by Gasteiger charge is 2.13. The second kappa shape index (κ2) is 5.61. The zero-order chi connectivity index (χ0) is 15.7. The van der Waals surface area contributed by atoms with E-state index in [2.05, 4.69) is 4.98 Å². The van der Waals surface area contributed by atoms with E-state index in [1.807, 2.05) is 19.1 Å². The van der Waals surface area contributed by atoms with E-state index < -0.39 is 11.4 Å². The first-order valence-corrected chi connectivity index (χ1v) is 6.90. The molecule has 5 nitrogen and oxygen atoms in total. The minimum Gasteiger partial charge on any atom is -0.390 e. The molecule has 3 rings (SSSR count). The van der Waals surface area contributed by atoms with Gasteiger partial charge in [0.2, 0.25) is 5.89 Å². The maximum Gasteiger partial charge on any atom is 0.429 e. The lowest BCUT2D eigenvalue weighted by atomic mass is 10.1. The predicted molar refractivity (Wildman–Crippen MR) is 83.6 cm³/mol. The molecule has 0 spiro atoms. The molecule has 0 unspecified atom stereocenters. The Morgan fingerprint density at radius 2 is 1.73 bits per heavy atom. The summed E-state index contributed by atoms with van der Waals surface area (Å²) in [5.41, 5.74) is 1.13. The molecular weight excluding hydrogens is 304 g/mol. The second-order valence-electron chi connectivity index (χ2n) is 4.69. The number of hydrogen-bond donors (Lipinski definition) is 0. The van der Waals surface area contributed by atoms with Crippen molar-refractivity contribution in [2.75, 3.05) is 0 Å². The number of nitrogens with zero attached hydrogens (tertiary/aromatic N) is 2. The summed E-state index contributed by atoms with van der Waals surface area (Å²) in [6.07, 6.45) is 0. The molecule has 110 valence electrons. The van der Waals surface area contributed by atoms with Gasteiger partial charge in [0, 0.05) is 10.6 Å². The third-order valence-corrected chi connectivity index (χ3v) is 3.47. The van der Waals surface area contributed by atoms with Crippen LogP contribution in [0.5, 0.6) is 0 Å². The summed E-state index contributed by atoms with van der Waals surface area (Å²) in [7, 11) is 0. The highest BCUT2D eigenvalue weighted by atomic mass is 35.5. The van der Waals surface area contributed by atoms with Crippen LogP contribution in [0.15, 0.2) is 62.5 Å². The molecule has 0 saturated carbocycles. The molecule has 0 aliphatic heterocycles. The Labute approximate surface area is 130 Å². The Kier molecular flexibility index (Phi) is 3.65. The van der Waals surface area contributed by atoms with E-state index in [0.717, 1.165) is 10.1 Å². The number of aryl methyl sites for hydroxylation is 1. The first kappa shape index (κ1) is 14.3. The van der Waals surface area contributed by atoms with Gasteiger partial charge >= 0.3 is 11.4 Å². The van der Waals surface area contributed by atoms with E-state index in [4.69, 9.17) is 16.0 Å². The molecule has 22 heavy (non-hydrogen) atoms. The quantitative estimate of drug-likeness (QED) is 0.729. The molecule has 0 aliphatic rings. The highest BCUT2D eigenvalue weighted by molar-refractivity contribution is 6.30. The van der Waals surface area contributed by atoms with Crippen LogP contribution in [0.3, 0.4) is 0 Å². The molecular formula is C16H11ClN2O3. The van der Waals surface area contributed by atoms with Gasteiger partial charge in [-0.05, 0) is 42.8 Å². The highest BCUT2D eigenvalue weighted by Crippen LogP contribution is 2.19. The Balaban J connectivity index is 2.18. The van der Waals surface area contributed by atoms with Crippen molar-refractivity contribution in [3.8, 4) is 17.1 Å². The Hall–Kier alpha value is -2.66. The van der Waals surface area contributed by atoms with Crippen LogP contribution < -0.4 is 11.4 Å². The predicted octanol–water partition coefficient (Wildman–Crippen LogP) is 2.81. The maximum atomic E-state index is 12.2. The maximum absolute atomic E-state index is 12.2. The van der Waals surface area contributed by atoms with E-state index >= 15 is 0 Å². The van der Waals surface area contributed by atoms with Crippen LogP contribution in [0.2, 0.25) is 5.02 Å². The molecule has 0 atom stereocenters. The Morgan fingerprint density at radius 1 is 1.05 bits per heavy atom. The lowest BCUT2D eigenvalue weighted by Gasteiger charge is -2.06. The largest absolute Gasteiger partial charge is 0.429 e. The lowest BCUT2D eigenvalue weighted by molar-refractivity contribution is 0.448. The molecule has 0 aliphatic carbocycles. The third kappa shape index (κ3) is 2.58. The summed E-state index contributed by atoms with van der Waals surface area (Å²) in [6.45, 7) is 1.85. The molecule has 0 saturated heterocycles. The van der Waals surface area contributed by atoms with Crippen LogP contribution in [0.4, 0.5) is 0 Å². The molecule has 0 fully saturated rings. The van der Waals surface area contributed by atoms with Crippen LogP contribution in [0.1, 0.15) is 5.56 Å². The van der Waals surface area contributed by atoms with Gasteiger partial charge in [0.15, 0.2) is 0 Å². The zero-order valence-electron chi connectivity index (χ0n) is 11.6. The van der Waals surface area contributed by atoms with Crippen molar-refractivity contribution in [2.45, 2.75) is 6.92 Å². The number of hydrogen-bond acceptors (Lipinski definition) is 4. The van der Waals surface area contributed by atoms with E-state index in [1.54, 1.807) is 36.4 Å². The lowest BCUT2D eigenvalue weighted by Crippen LogP contribution is -2.33. The smallest absolute Gasteiger partial charge is 0.390 e. The van der Waals surface area contributed by atoms with Gasteiger partial charge in [0.25, 0.3) is 0 Å². The summed E-state index contributed by atoms with van der Waals surface area (Å²) in [6, 6.07) is 13.5. The third-order valence-electron chi connectivity index (χ3n) is 3.22. The Bertz CT molecular complexity index is 911. The monoisotopic (exact) mass is 314 g/mol. The number of benzene rings is 2. The van der Waals surface area contributed by atoms with E-state index in [0.29, 0.717) is 16.3 Å². The van der Waals surface area contributed by atoms with Crippen LogP contribution in [-0.4, -0.2) is 9.55 Å². The van der Waals surface area contributed by atoms with Gasteiger partial charge in [0.1, 0.15) is 0 Å². The van der Waals surface area contributed by atoms with Crippen LogP contribution in [0.25, 0.3) is 17.1 Å². The molecule has 0 radical (unpaired) electrons. The molecule has 0 bridgehead atoms. The standard InChI is InChI=1S/C16H11ClN2O3/c1-10-4-2-3-5-13(10)14-18-15(20)19(16(21)22-14)12-8-6-11(17)7-9-12/h2-9H,1H3. The second-order valence-corrected chi connectivity index (χ2v) is 5.13. The van der Waals surface area contributed by atoms with Crippen molar-refractivity contribution in [3.63, 3.8) is 0 Å². The number of rotatable bonds is 2. The van der Waals surface area contributed by atoms with Crippen LogP contribution in [0, 0.1) is 6.92 Å². The van der Waals surface area contributed by atoms with Crippen molar-refractivity contribution in [1.82, 2.24) is 9.55 Å². The summed E-state index contributed by atoms with van der Waals surface area (Å²) in [5, 5.41) is 0.505. The van der Waals surface area contributed by atoms with Gasteiger partial charge < -0.3 is 4.42 Å². The number of halogens is 1. The topological polar surface area (TPSA) is 65.1 Å². The molecule has 2 aromatic carbocycles. The molecule has 1 aromatic heterocycles. The van der Waals surface area contributed by atoms with Crippen molar-refractivity contribution in [1.29, 1.82) is 0 Å². The Morgan fingerprint density at radius 3 is 2.36 bits per heavy atom. The molecule has 6 heteroatoms. The summed E-state index contributed by atoms with van der Waals surface area (Å²) in [4.78, 5) is 28.2. The average Bonchev–Trinajstić information content (AvgIpc) is 2.49. The van der Waals surface area contributed by atoms with Gasteiger partial charge in [-0.15, -0.1) is 0 Å². The van der Waals surface area contributed by atoms with Gasteiger partial charge in [-0.2, -0.15) is 9.55 Å². The fraction of sp³-hybridized carbons (Fsp3) is 0.0625. The summed E-state index contributed by atoms with van der Waals surface area (Å²) < 4.78 is 6.06. The van der Waals surface area contributed by atoms with Crippen molar-refractivity contribution >= 4 is 11.6 Å². The van der Waals surface area contributed by atoms with Gasteiger partial charge in [-0.1, -0.05) is 29.8 Å². The molecule has 3 aromatic rings. The SMILES string of the molecule is Cc1ccccc1-c1nc(=O)n(-c2ccc(Cl)cc2)c(=O)o1. The minimum atomic E-state index is -0.791. The molecule has 0 N–H and O–H groups in total. The van der Waals surface area contributed by atoms with E-state index in [1.165, 1.54) is 0 Å². The van der Waals surface area contributed by atoms with Gasteiger partial charge in [-0.25, -0.2) is 9.59 Å². The molecule has 0 amide bonds. The molecule has 1 heterocycles. The zero-order valence-corrected chi connectivity index (χ0v) is 12.4. The van der Waals surface area contributed by atoms with Crippen molar-refractivity contribution in [2.24, 2.45) is 0 Å². The first-order chi connectivity index (χ1) is 10.6. The summed E-state index contributed by atoms with van der Waals surface area (Å²) in [5.74, 6) is -0.779. The van der Waals surface area contributed by atoms with Gasteiger partial charge in [-0.3, -0.25) is 0 Å². The van der Waals surface area contributed by atoms with E-state index in [9.17, 15) is 9.59 Å². The van der Waals surface area contributed by atoms with Crippen molar-refractivity contribution in [3.05, 3.63) is 80.2 Å². The fourth-order valence-corrected chi connectivity index (χ4v) is 2.23. The number of aromatic nitrogens is 2. The fourth-order valence-electron chi connectivity index (χ4n) is 2.10. The summed E-state index contributed by atoms with van der Waals surface area (Å²) >= 11 is 5.80. The average molecular weight is 315 g/mol. The van der Waals surface area contributed by atoms with E-state index in [-0.39, 0.29) is 5.89 Å². The normalized spacial score (nSPS) is 10.6. The van der Waals surface area contributed by atoms with Crippen molar-refractivity contribution < 1.29 is 4.42 Å². The minimum absolute atomic E-state index is 0.0123. The van der Waals surface area contributed by atoms with Gasteiger partial charge in [0.05, 0.1) is 5.69 Å². The van der Waals surface area contributed by atoms with Crippen LogP contribution >= 0.6 is 11.6 Å².